The number of amides is 3. The van der Waals surface area contributed by atoms with Crippen LogP contribution in [0.25, 0.3) is 0 Å². The van der Waals surface area contributed by atoms with Crippen molar-refractivity contribution in [3.8, 4) is 0 Å². The van der Waals surface area contributed by atoms with Gasteiger partial charge in [-0.2, -0.15) is 0 Å². The molecule has 2 aromatic carbocycles. The zero-order valence-electron chi connectivity index (χ0n) is 22.5. The molecule has 0 aromatic heterocycles. The minimum Gasteiger partial charge on any atom is -0.480 e. The van der Waals surface area contributed by atoms with Crippen molar-refractivity contribution in [2.24, 2.45) is 0 Å². The van der Waals surface area contributed by atoms with Gasteiger partial charge in [0.25, 0.3) is 0 Å². The fourth-order valence-electron chi connectivity index (χ4n) is 4.48. The minimum absolute atomic E-state index is 0.0348. The lowest BCUT2D eigenvalue weighted by Crippen LogP contribution is -2.63. The molecule has 0 bridgehead atoms. The predicted molar refractivity (Wildman–Crippen MR) is 144 cm³/mol. The maximum Gasteiger partial charge on any atom is 0.494 e. The molecule has 2 aliphatic rings. The van der Waals surface area contributed by atoms with Gasteiger partial charge in [-0.25, -0.2) is 4.79 Å². The second-order valence-electron chi connectivity index (χ2n) is 11.0. The second-order valence-corrected chi connectivity index (χ2v) is 11.0. The lowest BCUT2D eigenvalue weighted by atomic mass is 9.78. The van der Waals surface area contributed by atoms with Crippen molar-refractivity contribution in [2.45, 2.75) is 76.3 Å². The van der Waals surface area contributed by atoms with E-state index in [-0.39, 0.29) is 12.8 Å². The Balaban J connectivity index is 1.31. The molecule has 39 heavy (non-hydrogen) atoms. The SMILES string of the molecule is CC1(C)OB(c2ccc(C[C@H](NC(=O)C[C@@H]3NC(=O)[C@H](Cc4ccccc4)NC3=O)C(=O)O)cc2)OC1(C)C. The number of carbonyl (C=O) groups excluding carboxylic acids is 3. The molecule has 0 radical (unpaired) electrons. The summed E-state index contributed by atoms with van der Waals surface area (Å²) in [7, 11) is -0.539. The van der Waals surface area contributed by atoms with Gasteiger partial charge < -0.3 is 30.4 Å². The van der Waals surface area contributed by atoms with Crippen molar-refractivity contribution in [2.75, 3.05) is 0 Å². The summed E-state index contributed by atoms with van der Waals surface area (Å²) in [6.45, 7) is 7.86. The average molecular weight is 535 g/mol. The predicted octanol–water partition coefficient (Wildman–Crippen LogP) is 0.714. The summed E-state index contributed by atoms with van der Waals surface area (Å²) in [5.41, 5.74) is 1.43. The van der Waals surface area contributed by atoms with E-state index in [4.69, 9.17) is 9.31 Å². The maximum atomic E-state index is 12.7. The van der Waals surface area contributed by atoms with Crippen LogP contribution in [0.4, 0.5) is 0 Å². The molecule has 4 rings (SSSR count). The molecular weight excluding hydrogens is 501 g/mol. The third-order valence-corrected chi connectivity index (χ3v) is 7.52. The largest absolute Gasteiger partial charge is 0.494 e. The standard InChI is InChI=1S/C28H34BN3O7/c1-27(2)28(3,4)39-29(38-27)19-12-10-18(11-13-19)15-22(26(36)37)30-23(33)16-21-25(35)31-20(24(34)32-21)14-17-8-6-5-7-9-17/h5-13,20-22H,14-16H2,1-4H3,(H,30,33)(H,31,35)(H,32,34)(H,36,37)/t20-,21-,22-/m0/s1. The van der Waals surface area contributed by atoms with Crippen LogP contribution in [0.5, 0.6) is 0 Å². The number of hydrogen-bond acceptors (Lipinski definition) is 6. The highest BCUT2D eigenvalue weighted by Crippen LogP contribution is 2.36. The topological polar surface area (TPSA) is 143 Å². The van der Waals surface area contributed by atoms with E-state index in [1.165, 1.54) is 0 Å². The van der Waals surface area contributed by atoms with Gasteiger partial charge in [0.1, 0.15) is 18.1 Å². The van der Waals surface area contributed by atoms with Crippen LogP contribution in [-0.2, 0) is 41.3 Å². The fourth-order valence-corrected chi connectivity index (χ4v) is 4.48. The quantitative estimate of drug-likeness (QED) is 0.347. The Kier molecular flexibility index (Phi) is 8.13. The third-order valence-electron chi connectivity index (χ3n) is 7.52. The first kappa shape index (κ1) is 28.3. The number of benzene rings is 2. The number of aliphatic carboxylic acids is 1. The van der Waals surface area contributed by atoms with Crippen molar-refractivity contribution in [3.05, 3.63) is 65.7 Å². The molecule has 0 saturated carbocycles. The van der Waals surface area contributed by atoms with Crippen LogP contribution in [0.3, 0.4) is 0 Å². The van der Waals surface area contributed by atoms with E-state index in [9.17, 15) is 24.3 Å². The first-order chi connectivity index (χ1) is 18.3. The third kappa shape index (κ3) is 6.66. The van der Waals surface area contributed by atoms with Crippen LogP contribution < -0.4 is 21.4 Å². The molecule has 11 heteroatoms. The molecular formula is C28H34BN3O7. The Bertz CT molecular complexity index is 1220. The molecule has 2 saturated heterocycles. The Morgan fingerprint density at radius 2 is 1.46 bits per heavy atom. The maximum absolute atomic E-state index is 12.7. The molecule has 3 atom stereocenters. The van der Waals surface area contributed by atoms with Gasteiger partial charge >= 0.3 is 13.1 Å². The lowest BCUT2D eigenvalue weighted by Gasteiger charge is -2.32. The zero-order valence-corrected chi connectivity index (χ0v) is 22.5. The van der Waals surface area contributed by atoms with Gasteiger partial charge in [-0.1, -0.05) is 54.6 Å². The van der Waals surface area contributed by atoms with Gasteiger partial charge in [-0.05, 0) is 44.3 Å². The Morgan fingerprint density at radius 3 is 2.05 bits per heavy atom. The van der Waals surface area contributed by atoms with Crippen molar-refractivity contribution < 1.29 is 33.6 Å². The second kappa shape index (κ2) is 11.2. The van der Waals surface area contributed by atoms with Gasteiger partial charge in [0.2, 0.25) is 17.7 Å². The molecule has 2 aliphatic heterocycles. The number of hydrogen-bond donors (Lipinski definition) is 4. The summed E-state index contributed by atoms with van der Waals surface area (Å²) < 4.78 is 12.1. The fraction of sp³-hybridized carbons (Fsp3) is 0.429. The number of piperazine rings is 1. The first-order valence-corrected chi connectivity index (χ1v) is 13.0. The molecule has 4 N–H and O–H groups in total. The van der Waals surface area contributed by atoms with E-state index >= 15 is 0 Å². The van der Waals surface area contributed by atoms with Crippen LogP contribution in [0, 0.1) is 0 Å². The lowest BCUT2D eigenvalue weighted by molar-refractivity contribution is -0.142. The molecule has 206 valence electrons. The van der Waals surface area contributed by atoms with Crippen molar-refractivity contribution >= 4 is 36.3 Å². The summed E-state index contributed by atoms with van der Waals surface area (Å²) in [4.78, 5) is 49.6. The Morgan fingerprint density at radius 1 is 0.897 bits per heavy atom. The van der Waals surface area contributed by atoms with Crippen molar-refractivity contribution in [1.29, 1.82) is 0 Å². The first-order valence-electron chi connectivity index (χ1n) is 13.0. The van der Waals surface area contributed by atoms with E-state index in [2.05, 4.69) is 16.0 Å². The molecule has 10 nitrogen and oxygen atoms in total. The molecule has 3 amide bonds. The summed E-state index contributed by atoms with van der Waals surface area (Å²) in [6.07, 6.45) is -0.0148. The molecule has 2 fully saturated rings. The number of carbonyl (C=O) groups is 4. The van der Waals surface area contributed by atoms with E-state index in [1.54, 1.807) is 12.1 Å². The highest BCUT2D eigenvalue weighted by Gasteiger charge is 2.51. The minimum atomic E-state index is -1.21. The average Bonchev–Trinajstić information content (AvgIpc) is 3.09. The Labute approximate surface area is 228 Å². The van der Waals surface area contributed by atoms with Gasteiger partial charge in [-0.15, -0.1) is 0 Å². The van der Waals surface area contributed by atoms with Crippen LogP contribution >= 0.6 is 0 Å². The highest BCUT2D eigenvalue weighted by molar-refractivity contribution is 6.62. The van der Waals surface area contributed by atoms with Crippen LogP contribution in [0.15, 0.2) is 54.6 Å². The van der Waals surface area contributed by atoms with Gasteiger partial charge in [0.15, 0.2) is 0 Å². The number of rotatable bonds is 9. The zero-order chi connectivity index (χ0) is 28.4. The van der Waals surface area contributed by atoms with E-state index < -0.39 is 60.1 Å². The van der Waals surface area contributed by atoms with Crippen LogP contribution in [0.2, 0.25) is 0 Å². The van der Waals surface area contributed by atoms with Crippen LogP contribution in [-0.4, -0.2) is 65.2 Å². The van der Waals surface area contributed by atoms with Gasteiger partial charge in [0, 0.05) is 12.8 Å². The number of carboxylic acid groups (broad SMARTS) is 1. The van der Waals surface area contributed by atoms with Crippen molar-refractivity contribution in [3.63, 3.8) is 0 Å². The van der Waals surface area contributed by atoms with E-state index in [0.29, 0.717) is 12.0 Å². The van der Waals surface area contributed by atoms with Crippen LogP contribution in [0.1, 0.15) is 45.2 Å². The number of nitrogens with one attached hydrogen (secondary N) is 3. The molecule has 2 heterocycles. The smallest absolute Gasteiger partial charge is 0.480 e. The molecule has 0 spiro atoms. The normalized spacial score (nSPS) is 22.5. The molecule has 0 aliphatic carbocycles. The summed E-state index contributed by atoms with van der Waals surface area (Å²) in [5.74, 6) is -2.75. The van der Waals surface area contributed by atoms with Crippen molar-refractivity contribution in [1.82, 2.24) is 16.0 Å². The summed E-state index contributed by atoms with van der Waals surface area (Å²) in [6, 6.07) is 13.4. The summed E-state index contributed by atoms with van der Waals surface area (Å²) in [5, 5.41) is 17.4. The number of carboxylic acids is 1. The van der Waals surface area contributed by atoms with E-state index in [1.807, 2.05) is 70.2 Å². The Hall–Kier alpha value is -3.70. The molecule has 2 aromatic rings. The highest BCUT2D eigenvalue weighted by atomic mass is 16.7. The van der Waals surface area contributed by atoms with Gasteiger partial charge in [0.05, 0.1) is 17.6 Å². The molecule has 0 unspecified atom stereocenters. The summed E-state index contributed by atoms with van der Waals surface area (Å²) >= 11 is 0. The van der Waals surface area contributed by atoms with E-state index in [0.717, 1.165) is 11.0 Å². The van der Waals surface area contributed by atoms with Gasteiger partial charge in [-0.3, -0.25) is 14.4 Å². The monoisotopic (exact) mass is 535 g/mol.